The topological polar surface area (TPSA) is 54.4 Å². The van der Waals surface area contributed by atoms with E-state index in [9.17, 15) is 0 Å². The minimum atomic E-state index is 0.571. The van der Waals surface area contributed by atoms with E-state index in [0.717, 1.165) is 53.8 Å². The number of hydrogen-bond donors (Lipinski definition) is 0. The van der Waals surface area contributed by atoms with Crippen LogP contribution in [0.5, 0.6) is 5.88 Å². The number of anilines is 2. The zero-order valence-electron chi connectivity index (χ0n) is 12.6. The molecule has 0 bridgehead atoms. The van der Waals surface area contributed by atoms with Gasteiger partial charge in [-0.15, -0.1) is 11.3 Å². The lowest BCUT2D eigenvalue weighted by Crippen LogP contribution is -2.31. The summed E-state index contributed by atoms with van der Waals surface area (Å²) in [6, 6.07) is 0. The van der Waals surface area contributed by atoms with Crippen LogP contribution >= 0.6 is 27.3 Å². The third-order valence-electron chi connectivity index (χ3n) is 3.55. The van der Waals surface area contributed by atoms with Crippen LogP contribution in [-0.4, -0.2) is 48.2 Å². The molecule has 8 heteroatoms. The number of nitrogens with zero attached hydrogens (tertiary/aromatic N) is 5. The summed E-state index contributed by atoms with van der Waals surface area (Å²) < 4.78 is 6.03. The van der Waals surface area contributed by atoms with Crippen LogP contribution in [0.3, 0.4) is 0 Å². The summed E-state index contributed by atoms with van der Waals surface area (Å²) in [6.45, 7) is 5.78. The molecule has 3 heterocycles. The van der Waals surface area contributed by atoms with E-state index in [4.69, 9.17) is 4.74 Å². The van der Waals surface area contributed by atoms with Gasteiger partial charge in [-0.25, -0.2) is 9.97 Å². The monoisotopic (exact) mass is 383 g/mol. The lowest BCUT2D eigenvalue weighted by atomic mass is 10.4. The van der Waals surface area contributed by atoms with Gasteiger partial charge in [0.2, 0.25) is 11.8 Å². The van der Waals surface area contributed by atoms with Crippen LogP contribution in [0.15, 0.2) is 16.0 Å². The van der Waals surface area contributed by atoms with Gasteiger partial charge in [0.15, 0.2) is 5.13 Å². The van der Waals surface area contributed by atoms with Crippen molar-refractivity contribution < 1.29 is 4.74 Å². The summed E-state index contributed by atoms with van der Waals surface area (Å²) in [4.78, 5) is 18.0. The second-order valence-electron chi connectivity index (χ2n) is 5.13. The number of halogens is 1. The van der Waals surface area contributed by atoms with Gasteiger partial charge >= 0.3 is 0 Å². The average molecular weight is 384 g/mol. The third-order valence-corrected chi connectivity index (χ3v) is 5.11. The van der Waals surface area contributed by atoms with Gasteiger partial charge in [-0.2, -0.15) is 4.98 Å². The molecule has 118 valence electrons. The second-order valence-corrected chi connectivity index (χ2v) is 6.82. The van der Waals surface area contributed by atoms with Crippen molar-refractivity contribution in [2.45, 2.75) is 13.3 Å². The Bertz CT molecular complexity index is 650. The van der Waals surface area contributed by atoms with Gasteiger partial charge in [0, 0.05) is 31.6 Å². The van der Waals surface area contributed by atoms with Gasteiger partial charge in [0.05, 0.1) is 23.5 Å². The lowest BCUT2D eigenvalue weighted by molar-refractivity contribution is 0.393. The smallest absolute Gasteiger partial charge is 0.232 e. The summed E-state index contributed by atoms with van der Waals surface area (Å²) in [5.74, 6) is 1.29. The molecule has 22 heavy (non-hydrogen) atoms. The molecular formula is C14H18BrN5OS. The number of methoxy groups -OCH3 is 1. The molecule has 0 saturated carbocycles. The van der Waals surface area contributed by atoms with Crippen LogP contribution in [-0.2, 0) is 0 Å². The predicted octanol–water partition coefficient (Wildman–Crippen LogP) is 2.73. The van der Waals surface area contributed by atoms with Crippen LogP contribution in [0.1, 0.15) is 12.1 Å². The maximum atomic E-state index is 5.26. The molecule has 2 aromatic heterocycles. The van der Waals surface area contributed by atoms with Crippen molar-refractivity contribution in [1.82, 2.24) is 15.0 Å². The highest BCUT2D eigenvalue weighted by Gasteiger charge is 2.19. The van der Waals surface area contributed by atoms with Crippen molar-refractivity contribution in [3.63, 3.8) is 0 Å². The van der Waals surface area contributed by atoms with Gasteiger partial charge in [0.1, 0.15) is 0 Å². The number of aromatic nitrogens is 3. The first-order valence-electron chi connectivity index (χ1n) is 7.16. The standard InChI is InChI=1S/C14H18BrN5OS/c1-10-9-22-14(17-10)20-5-3-4-19(6-7-20)13-16-8-11(15)12(18-13)21-2/h8-9H,3-7H2,1-2H3. The van der Waals surface area contributed by atoms with Crippen molar-refractivity contribution in [3.05, 3.63) is 21.7 Å². The Labute approximate surface area is 142 Å². The molecule has 1 aliphatic rings. The molecule has 1 fully saturated rings. The molecule has 3 rings (SSSR count). The number of thiazole rings is 1. The molecule has 0 unspecified atom stereocenters. The highest BCUT2D eigenvalue weighted by molar-refractivity contribution is 9.10. The molecule has 6 nitrogen and oxygen atoms in total. The van der Waals surface area contributed by atoms with Crippen LogP contribution < -0.4 is 14.5 Å². The van der Waals surface area contributed by atoms with Crippen molar-refractivity contribution in [3.8, 4) is 5.88 Å². The van der Waals surface area contributed by atoms with Gasteiger partial charge < -0.3 is 14.5 Å². The Hall–Kier alpha value is -1.41. The van der Waals surface area contributed by atoms with Crippen molar-refractivity contribution in [2.75, 3.05) is 43.1 Å². The lowest BCUT2D eigenvalue weighted by Gasteiger charge is -2.21. The molecule has 0 radical (unpaired) electrons. The van der Waals surface area contributed by atoms with Crippen molar-refractivity contribution in [2.24, 2.45) is 0 Å². The molecule has 0 amide bonds. The van der Waals surface area contributed by atoms with Crippen LogP contribution in [0.4, 0.5) is 11.1 Å². The molecule has 1 aliphatic heterocycles. The molecular weight excluding hydrogens is 366 g/mol. The Balaban J connectivity index is 1.72. The number of ether oxygens (including phenoxy) is 1. The molecule has 2 aromatic rings. The minimum Gasteiger partial charge on any atom is -0.480 e. The van der Waals surface area contributed by atoms with Crippen LogP contribution in [0.2, 0.25) is 0 Å². The molecule has 0 atom stereocenters. The van der Waals surface area contributed by atoms with E-state index < -0.39 is 0 Å². The highest BCUT2D eigenvalue weighted by Crippen LogP contribution is 2.25. The average Bonchev–Trinajstić information content (AvgIpc) is 2.81. The molecule has 0 spiro atoms. The van der Waals surface area contributed by atoms with E-state index in [1.807, 2.05) is 6.92 Å². The Morgan fingerprint density at radius 1 is 1.18 bits per heavy atom. The Morgan fingerprint density at radius 2 is 1.95 bits per heavy atom. The quantitative estimate of drug-likeness (QED) is 0.811. The van der Waals surface area contributed by atoms with Gasteiger partial charge in [-0.05, 0) is 29.3 Å². The fourth-order valence-corrected chi connectivity index (χ4v) is 3.64. The van der Waals surface area contributed by atoms with Gasteiger partial charge in [0.25, 0.3) is 0 Å². The maximum absolute atomic E-state index is 5.26. The maximum Gasteiger partial charge on any atom is 0.232 e. The molecule has 0 aliphatic carbocycles. The minimum absolute atomic E-state index is 0.571. The number of aryl methyl sites for hydroxylation is 1. The van der Waals surface area contributed by atoms with Crippen LogP contribution in [0.25, 0.3) is 0 Å². The van der Waals surface area contributed by atoms with E-state index in [2.05, 4.69) is 46.1 Å². The first-order valence-corrected chi connectivity index (χ1v) is 8.83. The summed E-state index contributed by atoms with van der Waals surface area (Å²) >= 11 is 5.10. The van der Waals surface area contributed by atoms with Crippen molar-refractivity contribution >= 4 is 38.3 Å². The Kier molecular flexibility index (Phi) is 4.77. The largest absolute Gasteiger partial charge is 0.480 e. The van der Waals surface area contributed by atoms with E-state index in [1.54, 1.807) is 24.6 Å². The third kappa shape index (κ3) is 3.33. The van der Waals surface area contributed by atoms with Crippen molar-refractivity contribution in [1.29, 1.82) is 0 Å². The zero-order chi connectivity index (χ0) is 15.5. The normalized spacial score (nSPS) is 15.8. The second kappa shape index (κ2) is 6.78. The molecule has 0 N–H and O–H groups in total. The first kappa shape index (κ1) is 15.5. The van der Waals surface area contributed by atoms with Gasteiger partial charge in [-0.3, -0.25) is 0 Å². The highest BCUT2D eigenvalue weighted by atomic mass is 79.9. The van der Waals surface area contributed by atoms with Gasteiger partial charge in [-0.1, -0.05) is 0 Å². The molecule has 0 aromatic carbocycles. The van der Waals surface area contributed by atoms with Crippen LogP contribution in [0, 0.1) is 6.92 Å². The molecule has 1 saturated heterocycles. The number of rotatable bonds is 3. The van der Waals surface area contributed by atoms with E-state index in [1.165, 1.54) is 0 Å². The summed E-state index contributed by atoms with van der Waals surface area (Å²) in [5.41, 5.74) is 1.09. The zero-order valence-corrected chi connectivity index (χ0v) is 15.0. The summed E-state index contributed by atoms with van der Waals surface area (Å²) in [6.07, 6.45) is 2.80. The van der Waals surface area contributed by atoms with E-state index >= 15 is 0 Å². The SMILES string of the molecule is COc1nc(N2CCCN(c3nc(C)cs3)CC2)ncc1Br. The fourth-order valence-electron chi connectivity index (χ4n) is 2.43. The fraction of sp³-hybridized carbons (Fsp3) is 0.500. The predicted molar refractivity (Wildman–Crippen MR) is 92.2 cm³/mol. The number of hydrogen-bond acceptors (Lipinski definition) is 7. The van der Waals surface area contributed by atoms with E-state index in [-0.39, 0.29) is 0 Å². The summed E-state index contributed by atoms with van der Waals surface area (Å²) in [5, 5.41) is 3.20. The summed E-state index contributed by atoms with van der Waals surface area (Å²) in [7, 11) is 1.62. The van der Waals surface area contributed by atoms with E-state index in [0.29, 0.717) is 5.88 Å². The first-order chi connectivity index (χ1) is 10.7. The Morgan fingerprint density at radius 3 is 2.68 bits per heavy atom.